The number of benzene rings is 1. The van der Waals surface area contributed by atoms with Gasteiger partial charge in [0.15, 0.2) is 11.6 Å². The van der Waals surface area contributed by atoms with Crippen molar-refractivity contribution in [2.45, 2.75) is 38.3 Å². The van der Waals surface area contributed by atoms with Crippen LogP contribution in [0.1, 0.15) is 35.7 Å². The minimum Gasteiger partial charge on any atom is -0.378 e. The average Bonchev–Trinajstić information content (AvgIpc) is 3.51. The van der Waals surface area contributed by atoms with Crippen molar-refractivity contribution in [3.8, 4) is 39.6 Å². The zero-order valence-corrected chi connectivity index (χ0v) is 22.4. The molecule has 1 N–H and O–H groups in total. The molecular formula is C30H29FN8O. The van der Waals surface area contributed by atoms with Gasteiger partial charge in [-0.15, -0.1) is 10.2 Å². The number of pyridine rings is 2. The number of hydrogen-bond donors (Lipinski definition) is 1. The molecule has 1 saturated heterocycles. The third-order valence-electron chi connectivity index (χ3n) is 7.53. The summed E-state index contributed by atoms with van der Waals surface area (Å²) >= 11 is 0. The van der Waals surface area contributed by atoms with Gasteiger partial charge in [-0.05, 0) is 66.8 Å². The van der Waals surface area contributed by atoms with Crippen LogP contribution in [-0.4, -0.2) is 53.8 Å². The molecule has 7 rings (SSSR count). The Labute approximate surface area is 231 Å². The quantitative estimate of drug-likeness (QED) is 0.310. The normalized spacial score (nSPS) is 15.4. The van der Waals surface area contributed by atoms with Crippen molar-refractivity contribution in [1.29, 1.82) is 0 Å². The molecule has 0 radical (unpaired) electrons. The van der Waals surface area contributed by atoms with Crippen LogP contribution >= 0.6 is 0 Å². The maximum atomic E-state index is 14.4. The summed E-state index contributed by atoms with van der Waals surface area (Å²) in [7, 11) is 1.85. The molecule has 1 saturated carbocycles. The smallest absolute Gasteiger partial charge is 0.164 e. The van der Waals surface area contributed by atoms with Crippen molar-refractivity contribution in [3.63, 3.8) is 0 Å². The van der Waals surface area contributed by atoms with E-state index in [0.29, 0.717) is 35.7 Å². The lowest BCUT2D eigenvalue weighted by atomic mass is 9.98. The highest BCUT2D eigenvalue weighted by atomic mass is 19.1. The Kier molecular flexibility index (Phi) is 6.21. The highest BCUT2D eigenvalue weighted by Gasteiger charge is 2.27. The summed E-state index contributed by atoms with van der Waals surface area (Å²) < 4.78 is 23.2. The maximum Gasteiger partial charge on any atom is 0.164 e. The summed E-state index contributed by atoms with van der Waals surface area (Å²) in [6.07, 6.45) is 7.64. The molecule has 0 bridgehead atoms. The number of nitrogens with zero attached hydrogens (tertiary/aromatic N) is 7. The molecule has 0 amide bonds. The lowest BCUT2D eigenvalue weighted by Crippen LogP contribution is -2.45. The van der Waals surface area contributed by atoms with Crippen molar-refractivity contribution in [1.82, 2.24) is 39.8 Å². The monoisotopic (exact) mass is 536 g/mol. The number of hydrogen-bond acceptors (Lipinski definition) is 7. The molecule has 0 atom stereocenters. The fourth-order valence-electron chi connectivity index (χ4n) is 5.01. The number of nitrogens with one attached hydrogen (secondary N) is 1. The van der Waals surface area contributed by atoms with E-state index in [1.807, 2.05) is 25.5 Å². The van der Waals surface area contributed by atoms with Gasteiger partial charge in [-0.1, -0.05) is 12.1 Å². The van der Waals surface area contributed by atoms with Crippen LogP contribution in [0.15, 0.2) is 61.2 Å². The predicted molar refractivity (Wildman–Crippen MR) is 148 cm³/mol. The Morgan fingerprint density at radius 3 is 2.65 bits per heavy atom. The fraction of sp³-hybridized carbons (Fsp3) is 0.300. The van der Waals surface area contributed by atoms with Gasteiger partial charge in [0.2, 0.25) is 0 Å². The largest absolute Gasteiger partial charge is 0.378 e. The topological polar surface area (TPSA) is 95.6 Å². The van der Waals surface area contributed by atoms with Crippen molar-refractivity contribution < 1.29 is 9.13 Å². The molecule has 5 aromatic rings. The minimum atomic E-state index is -0.323. The summed E-state index contributed by atoms with van der Waals surface area (Å²) in [6, 6.07) is 13.4. The van der Waals surface area contributed by atoms with Crippen LogP contribution in [0.4, 0.5) is 4.39 Å². The lowest BCUT2D eigenvalue weighted by molar-refractivity contribution is -0.00590. The first-order valence-electron chi connectivity index (χ1n) is 13.5. The Morgan fingerprint density at radius 2 is 1.90 bits per heavy atom. The van der Waals surface area contributed by atoms with E-state index in [9.17, 15) is 4.39 Å². The van der Waals surface area contributed by atoms with Gasteiger partial charge >= 0.3 is 0 Å². The maximum absolute atomic E-state index is 14.4. The van der Waals surface area contributed by atoms with Gasteiger partial charge in [0.05, 0.1) is 36.8 Å². The SMILES string of the molecule is Cc1ccc(CNC2COC2)nc1-c1cnn(-c2cc(-c3ccc(F)cc3-c3nncn3C)cc(C3CC3)n2)c1. The number of aromatic nitrogens is 7. The first kappa shape index (κ1) is 24.7. The summed E-state index contributed by atoms with van der Waals surface area (Å²) in [5.41, 5.74) is 7.37. The Balaban J connectivity index is 1.26. The summed E-state index contributed by atoms with van der Waals surface area (Å²) in [5, 5.41) is 16.4. The molecule has 9 nitrogen and oxygen atoms in total. The predicted octanol–water partition coefficient (Wildman–Crippen LogP) is 4.61. The number of aryl methyl sites for hydroxylation is 2. The molecular weight excluding hydrogens is 507 g/mol. The first-order chi connectivity index (χ1) is 19.5. The molecule has 5 heterocycles. The van der Waals surface area contributed by atoms with Gasteiger partial charge in [-0.25, -0.2) is 14.1 Å². The molecule has 2 fully saturated rings. The van der Waals surface area contributed by atoms with Crippen LogP contribution in [0.25, 0.3) is 39.6 Å². The van der Waals surface area contributed by atoms with Crippen LogP contribution in [-0.2, 0) is 18.3 Å². The summed E-state index contributed by atoms with van der Waals surface area (Å²) in [5.74, 6) is 1.40. The van der Waals surface area contributed by atoms with E-state index in [1.54, 1.807) is 21.6 Å². The van der Waals surface area contributed by atoms with Crippen LogP contribution in [0.5, 0.6) is 0 Å². The lowest BCUT2D eigenvalue weighted by Gasteiger charge is -2.26. The van der Waals surface area contributed by atoms with E-state index < -0.39 is 0 Å². The Hall–Kier alpha value is -4.28. The molecule has 4 aromatic heterocycles. The number of halogens is 1. The van der Waals surface area contributed by atoms with Gasteiger partial charge in [-0.3, -0.25) is 4.98 Å². The van der Waals surface area contributed by atoms with Gasteiger partial charge in [0.25, 0.3) is 0 Å². The highest BCUT2D eigenvalue weighted by molar-refractivity contribution is 5.81. The van der Waals surface area contributed by atoms with Gasteiger partial charge < -0.3 is 14.6 Å². The van der Waals surface area contributed by atoms with E-state index in [-0.39, 0.29) is 5.82 Å². The molecule has 40 heavy (non-hydrogen) atoms. The highest BCUT2D eigenvalue weighted by Crippen LogP contribution is 2.42. The van der Waals surface area contributed by atoms with Crippen LogP contribution < -0.4 is 5.32 Å². The second-order valence-electron chi connectivity index (χ2n) is 10.6. The molecule has 1 aliphatic heterocycles. The third kappa shape index (κ3) is 4.80. The van der Waals surface area contributed by atoms with Gasteiger partial charge in [0, 0.05) is 42.5 Å². The first-order valence-corrected chi connectivity index (χ1v) is 13.5. The summed E-state index contributed by atoms with van der Waals surface area (Å²) in [6.45, 7) is 4.25. The van der Waals surface area contributed by atoms with Crippen molar-refractivity contribution in [2.24, 2.45) is 7.05 Å². The standard InChI is InChI=1S/C30H29FN8O/c1-18-3-7-23(13-32-24-15-40-16-24)35-29(18)21-12-34-39(14-21)28-10-20(9-27(36-28)19-4-5-19)25-8-6-22(31)11-26(25)30-37-33-17-38(30)2/h3,6-12,14,17,19,24,32H,4-5,13,15-16H2,1-2H3. The van der Waals surface area contributed by atoms with Crippen LogP contribution in [0.2, 0.25) is 0 Å². The number of ether oxygens (including phenoxy) is 1. The third-order valence-corrected chi connectivity index (χ3v) is 7.53. The average molecular weight is 537 g/mol. The zero-order valence-electron chi connectivity index (χ0n) is 22.4. The minimum absolute atomic E-state index is 0.323. The van der Waals surface area contributed by atoms with E-state index in [2.05, 4.69) is 45.7 Å². The fourth-order valence-corrected chi connectivity index (χ4v) is 5.01. The van der Waals surface area contributed by atoms with E-state index in [0.717, 1.165) is 65.4 Å². The molecule has 202 valence electrons. The van der Waals surface area contributed by atoms with Crippen LogP contribution in [0.3, 0.4) is 0 Å². The second kappa shape index (κ2) is 10.0. The van der Waals surface area contributed by atoms with Crippen LogP contribution in [0, 0.1) is 12.7 Å². The van der Waals surface area contributed by atoms with E-state index in [1.165, 1.54) is 12.1 Å². The van der Waals surface area contributed by atoms with Gasteiger partial charge in [-0.2, -0.15) is 5.10 Å². The molecule has 1 aromatic carbocycles. The zero-order chi connectivity index (χ0) is 27.2. The van der Waals surface area contributed by atoms with E-state index >= 15 is 0 Å². The molecule has 2 aliphatic rings. The molecule has 10 heteroatoms. The number of rotatable bonds is 8. The Morgan fingerprint density at radius 1 is 1.02 bits per heavy atom. The van der Waals surface area contributed by atoms with Crippen molar-refractivity contribution in [2.75, 3.05) is 13.2 Å². The van der Waals surface area contributed by atoms with Gasteiger partial charge in [0.1, 0.15) is 12.1 Å². The Bertz CT molecular complexity index is 1700. The molecule has 0 spiro atoms. The van der Waals surface area contributed by atoms with E-state index in [4.69, 9.17) is 14.7 Å². The second-order valence-corrected chi connectivity index (χ2v) is 10.6. The molecule has 0 unspecified atom stereocenters. The van der Waals surface area contributed by atoms with Crippen molar-refractivity contribution >= 4 is 0 Å². The molecule has 1 aliphatic carbocycles. The van der Waals surface area contributed by atoms with Crippen molar-refractivity contribution in [3.05, 3.63) is 84.0 Å². The summed E-state index contributed by atoms with van der Waals surface area (Å²) in [4.78, 5) is 9.91.